The van der Waals surface area contributed by atoms with Gasteiger partial charge in [0.15, 0.2) is 0 Å². The molecule has 0 aliphatic carbocycles. The normalized spacial score (nSPS) is 16.8. The number of hydrogen-bond acceptors (Lipinski definition) is 0. The van der Waals surface area contributed by atoms with Crippen molar-refractivity contribution >= 4 is 0 Å². The lowest BCUT2D eigenvalue weighted by atomic mass is 9.99. The summed E-state index contributed by atoms with van der Waals surface area (Å²) >= 11 is 0. The molecule has 0 N–H and O–H groups in total. The van der Waals surface area contributed by atoms with Crippen molar-refractivity contribution < 1.29 is 79.0 Å². The van der Waals surface area contributed by atoms with Crippen LogP contribution in [-0.2, 0) is 0 Å². The average Bonchev–Trinajstić information content (AvgIpc) is 2.42. The Hall–Kier alpha value is -1.52. The second-order valence-corrected chi connectivity index (χ2v) is 4.87. The molecular formula is C10H2F18. The first-order valence-corrected chi connectivity index (χ1v) is 5.81. The second-order valence-electron chi connectivity index (χ2n) is 4.87. The first-order chi connectivity index (χ1) is 11.7. The Morgan fingerprint density at radius 3 is 0.607 bits per heavy atom. The van der Waals surface area contributed by atoms with E-state index in [0.29, 0.717) is 0 Å². The van der Waals surface area contributed by atoms with Crippen LogP contribution in [0.2, 0.25) is 0 Å². The van der Waals surface area contributed by atoms with E-state index >= 15 is 0 Å². The van der Waals surface area contributed by atoms with E-state index in [0.717, 1.165) is 0 Å². The van der Waals surface area contributed by atoms with Crippen molar-refractivity contribution in [2.45, 2.75) is 47.9 Å². The first-order valence-electron chi connectivity index (χ1n) is 5.81. The van der Waals surface area contributed by atoms with Gasteiger partial charge in [0.2, 0.25) is 0 Å². The number of halogens is 18. The third kappa shape index (κ3) is 3.81. The molecule has 0 aromatic heterocycles. The Bertz CT molecular complexity index is 534. The van der Waals surface area contributed by atoms with E-state index in [1.54, 1.807) is 0 Å². The molecule has 0 rings (SSSR count). The number of allylic oxidation sites excluding steroid dienone is 2. The molecule has 0 fully saturated rings. The monoisotopic (exact) mass is 464 g/mol. The van der Waals surface area contributed by atoms with Gasteiger partial charge in [-0.1, -0.05) is 0 Å². The standard InChI is InChI=1S/C10H2F18/c11-3(12,5(15,16)7(19,20)9(23,24)25)1-2-4(13,14)6(17,18)8(21,22)10(26,27)28/h1-2H/b2-1-. The zero-order chi connectivity index (χ0) is 23.4. The van der Waals surface area contributed by atoms with Crippen LogP contribution in [0, 0.1) is 0 Å². The third-order valence-electron chi connectivity index (χ3n) is 2.84. The summed E-state index contributed by atoms with van der Waals surface area (Å²) in [6, 6.07) is 0. The maximum absolute atomic E-state index is 12.9. The van der Waals surface area contributed by atoms with Crippen LogP contribution >= 0.6 is 0 Å². The summed E-state index contributed by atoms with van der Waals surface area (Å²) in [7, 11) is 0. The predicted octanol–water partition coefficient (Wildman–Crippen LogP) is 6.48. The molecule has 0 aliphatic heterocycles. The fraction of sp³-hybridized carbons (Fsp3) is 0.800. The van der Waals surface area contributed by atoms with Crippen LogP contribution in [0.25, 0.3) is 0 Å². The molecule has 0 bridgehead atoms. The SMILES string of the molecule is FC(F)(F)C(F)(F)C(F)(F)C(F)(F)/C=C\C(F)(F)C(F)(F)C(F)(F)C(F)(F)F. The lowest BCUT2D eigenvalue weighted by molar-refractivity contribution is -0.391. The van der Waals surface area contributed by atoms with Gasteiger partial charge < -0.3 is 0 Å². The van der Waals surface area contributed by atoms with Crippen LogP contribution < -0.4 is 0 Å². The Morgan fingerprint density at radius 1 is 0.286 bits per heavy atom. The maximum Gasteiger partial charge on any atom is 0.460 e. The van der Waals surface area contributed by atoms with Gasteiger partial charge in [-0.25, -0.2) is 0 Å². The molecule has 0 saturated heterocycles. The fourth-order valence-corrected chi connectivity index (χ4v) is 1.19. The molecule has 0 nitrogen and oxygen atoms in total. The molecule has 0 spiro atoms. The Balaban J connectivity index is 6.19. The van der Waals surface area contributed by atoms with Crippen molar-refractivity contribution in [3.8, 4) is 0 Å². The van der Waals surface area contributed by atoms with Gasteiger partial charge in [-0.05, 0) is 12.2 Å². The molecule has 0 aromatic carbocycles. The van der Waals surface area contributed by atoms with Crippen molar-refractivity contribution in [3.63, 3.8) is 0 Å². The van der Waals surface area contributed by atoms with Gasteiger partial charge in [0.1, 0.15) is 0 Å². The summed E-state index contributed by atoms with van der Waals surface area (Å²) in [5.74, 6) is -44.7. The summed E-state index contributed by atoms with van der Waals surface area (Å²) < 4.78 is 222. The molecule has 0 radical (unpaired) electrons. The van der Waals surface area contributed by atoms with Crippen molar-refractivity contribution in [1.82, 2.24) is 0 Å². The minimum Gasteiger partial charge on any atom is -0.195 e. The van der Waals surface area contributed by atoms with Crippen LogP contribution in [0.15, 0.2) is 12.2 Å². The highest BCUT2D eigenvalue weighted by molar-refractivity contribution is 5.16. The Labute approximate surface area is 140 Å². The number of hydrogen-bond donors (Lipinski definition) is 0. The summed E-state index contributed by atoms with van der Waals surface area (Å²) in [6.07, 6.45) is -19.8. The van der Waals surface area contributed by atoms with E-state index < -0.39 is 60.0 Å². The molecule has 0 amide bonds. The van der Waals surface area contributed by atoms with Gasteiger partial charge in [0.05, 0.1) is 0 Å². The number of alkyl halides is 18. The van der Waals surface area contributed by atoms with Crippen molar-refractivity contribution in [3.05, 3.63) is 12.2 Å². The molecule has 0 aliphatic rings. The van der Waals surface area contributed by atoms with Crippen molar-refractivity contribution in [2.24, 2.45) is 0 Å². The fourth-order valence-electron chi connectivity index (χ4n) is 1.19. The summed E-state index contributed by atoms with van der Waals surface area (Å²) in [5.41, 5.74) is 0. The van der Waals surface area contributed by atoms with Crippen molar-refractivity contribution in [1.29, 1.82) is 0 Å². The van der Waals surface area contributed by atoms with E-state index in [9.17, 15) is 79.0 Å². The molecule has 0 atom stereocenters. The molecule has 18 heteroatoms. The van der Waals surface area contributed by atoms with E-state index in [1.807, 2.05) is 0 Å². The highest BCUT2D eigenvalue weighted by Gasteiger charge is 2.83. The molecule has 168 valence electrons. The zero-order valence-corrected chi connectivity index (χ0v) is 12.0. The average molecular weight is 464 g/mol. The molecule has 28 heavy (non-hydrogen) atoms. The highest BCUT2D eigenvalue weighted by Crippen LogP contribution is 2.56. The maximum atomic E-state index is 12.9. The van der Waals surface area contributed by atoms with Gasteiger partial charge in [0, 0.05) is 0 Å². The molecule has 0 heterocycles. The zero-order valence-electron chi connectivity index (χ0n) is 12.0. The molecular weight excluding hydrogens is 462 g/mol. The molecule has 0 saturated carbocycles. The van der Waals surface area contributed by atoms with E-state index in [-0.39, 0.29) is 0 Å². The van der Waals surface area contributed by atoms with E-state index in [4.69, 9.17) is 0 Å². The van der Waals surface area contributed by atoms with Crippen LogP contribution in [0.5, 0.6) is 0 Å². The first kappa shape index (κ1) is 26.5. The van der Waals surface area contributed by atoms with Crippen LogP contribution in [-0.4, -0.2) is 47.9 Å². The van der Waals surface area contributed by atoms with Gasteiger partial charge in [-0.2, -0.15) is 79.0 Å². The summed E-state index contributed by atoms with van der Waals surface area (Å²) in [6.45, 7) is 0. The van der Waals surface area contributed by atoms with Gasteiger partial charge in [0.25, 0.3) is 0 Å². The largest absolute Gasteiger partial charge is 0.460 e. The van der Waals surface area contributed by atoms with E-state index in [1.165, 1.54) is 0 Å². The van der Waals surface area contributed by atoms with Crippen LogP contribution in [0.4, 0.5) is 79.0 Å². The highest BCUT2D eigenvalue weighted by atomic mass is 19.4. The van der Waals surface area contributed by atoms with Crippen LogP contribution in [0.1, 0.15) is 0 Å². The smallest absolute Gasteiger partial charge is 0.195 e. The third-order valence-corrected chi connectivity index (χ3v) is 2.84. The van der Waals surface area contributed by atoms with Gasteiger partial charge in [-0.15, -0.1) is 0 Å². The van der Waals surface area contributed by atoms with E-state index in [2.05, 4.69) is 0 Å². The topological polar surface area (TPSA) is 0 Å². The van der Waals surface area contributed by atoms with Crippen LogP contribution in [0.3, 0.4) is 0 Å². The predicted molar refractivity (Wildman–Crippen MR) is 50.9 cm³/mol. The second kappa shape index (κ2) is 6.50. The number of rotatable bonds is 6. The lowest BCUT2D eigenvalue weighted by Crippen LogP contribution is -2.61. The molecule has 0 aromatic rings. The Morgan fingerprint density at radius 2 is 0.464 bits per heavy atom. The minimum absolute atomic E-state index is 2.47. The van der Waals surface area contributed by atoms with Gasteiger partial charge in [-0.3, -0.25) is 0 Å². The minimum atomic E-state index is -7.65. The lowest BCUT2D eigenvalue weighted by Gasteiger charge is -2.34. The summed E-state index contributed by atoms with van der Waals surface area (Å²) in [4.78, 5) is 0. The molecule has 0 unspecified atom stereocenters. The van der Waals surface area contributed by atoms with Gasteiger partial charge >= 0.3 is 47.9 Å². The van der Waals surface area contributed by atoms with Crippen molar-refractivity contribution in [2.75, 3.05) is 0 Å². The summed E-state index contributed by atoms with van der Waals surface area (Å²) in [5, 5.41) is 0. The Kier molecular flexibility index (Phi) is 6.14. The quantitative estimate of drug-likeness (QED) is 0.312.